The van der Waals surface area contributed by atoms with Gasteiger partial charge in [-0.2, -0.15) is 0 Å². The quantitative estimate of drug-likeness (QED) is 0.129. The van der Waals surface area contributed by atoms with E-state index < -0.39 is 23.9 Å². The highest BCUT2D eigenvalue weighted by Crippen LogP contribution is 2.49. The van der Waals surface area contributed by atoms with E-state index in [1.807, 2.05) is 5.80 Å². The number of alkyl carbamates (subject to hydrolysis) is 1. The van der Waals surface area contributed by atoms with Crippen LogP contribution in [0.2, 0.25) is 0 Å². The predicted molar refractivity (Wildman–Crippen MR) is 147 cm³/mol. The molecule has 1 amide bonds. The molecular weight excluding hydrogens is 463 g/mol. The second-order valence-corrected chi connectivity index (χ2v) is 13.4. The lowest BCUT2D eigenvalue weighted by molar-refractivity contribution is -0.384. The van der Waals surface area contributed by atoms with Crippen molar-refractivity contribution in [3.8, 4) is 0 Å². The van der Waals surface area contributed by atoms with E-state index in [0.29, 0.717) is 12.0 Å². The second kappa shape index (κ2) is 17.3. The summed E-state index contributed by atoms with van der Waals surface area (Å²) in [6.07, 6.45) is 11.8. The van der Waals surface area contributed by atoms with Gasteiger partial charge < -0.3 is 10.1 Å². The Bertz CT molecular complexity index is 810. The summed E-state index contributed by atoms with van der Waals surface area (Å²) in [5.74, 6) is 2.08. The summed E-state index contributed by atoms with van der Waals surface area (Å²) in [6.45, 7) is 7.12. The van der Waals surface area contributed by atoms with E-state index in [9.17, 15) is 19.7 Å². The predicted octanol–water partition coefficient (Wildman–Crippen LogP) is 7.17. The van der Waals surface area contributed by atoms with Gasteiger partial charge in [0.1, 0.15) is 6.61 Å². The molecule has 0 heterocycles. The zero-order chi connectivity index (χ0) is 26.1. The van der Waals surface area contributed by atoms with Crippen molar-refractivity contribution in [3.63, 3.8) is 0 Å². The Morgan fingerprint density at radius 2 is 1.46 bits per heavy atom. The first kappa shape index (κ1) is 30.9. The van der Waals surface area contributed by atoms with E-state index in [1.165, 1.54) is 12.1 Å². The van der Waals surface area contributed by atoms with Crippen LogP contribution in [0.25, 0.3) is 0 Å². The summed E-state index contributed by atoms with van der Waals surface area (Å²) in [6, 6.07) is 5.31. The number of nitrogens with one attached hydrogen (secondary N) is 1. The lowest BCUT2D eigenvalue weighted by atomic mass is 10.1. The molecule has 0 bridgehead atoms. The normalized spacial score (nSPS) is 12.1. The van der Waals surface area contributed by atoms with E-state index in [0.717, 1.165) is 69.9 Å². The topological polar surface area (TPSA) is 98.5 Å². The highest BCUT2D eigenvalue weighted by atomic mass is 31.2. The Morgan fingerprint density at radius 3 is 1.91 bits per heavy atom. The molecule has 1 atom stereocenters. The number of Topliss-reactive ketones (excluding diaryl/α,β-unsaturated/α-hetero) is 1. The fourth-order valence-electron chi connectivity index (χ4n) is 4.05. The minimum Gasteiger partial charge on any atom is -0.445 e. The van der Waals surface area contributed by atoms with Crippen LogP contribution >= 0.6 is 6.89 Å². The van der Waals surface area contributed by atoms with Gasteiger partial charge in [-0.05, 0) is 67.7 Å². The summed E-state index contributed by atoms with van der Waals surface area (Å²) >= 11 is 0. The third kappa shape index (κ3) is 11.9. The standard InChI is InChI=1S/C27H45N2O5P/c1-5-9-13-25(28-27(31)34-21-23-14-16-24(17-15-23)29(32)33)26(30)22-35(18-10-6-2,19-11-7-3)20-12-8-4/h14-17,22,25H,5-13,18-21H2,1-4H3,(H,28,31)/t25-/m0/s1. The van der Waals surface area contributed by atoms with Gasteiger partial charge in [-0.1, -0.05) is 59.8 Å². The van der Waals surface area contributed by atoms with Crippen LogP contribution in [0.1, 0.15) is 91.0 Å². The minimum absolute atomic E-state index is 0.0112. The van der Waals surface area contributed by atoms with Crippen molar-refractivity contribution in [3.05, 3.63) is 39.9 Å². The van der Waals surface area contributed by atoms with E-state index in [4.69, 9.17) is 4.74 Å². The first-order valence-corrected chi connectivity index (χ1v) is 15.6. The molecule has 0 unspecified atom stereocenters. The summed E-state index contributed by atoms with van der Waals surface area (Å²) in [4.78, 5) is 36.4. The molecule has 0 saturated carbocycles. The average Bonchev–Trinajstić information content (AvgIpc) is 2.86. The fraction of sp³-hybridized carbons (Fsp3) is 0.667. The van der Waals surface area contributed by atoms with Gasteiger partial charge in [-0.15, -0.1) is 6.89 Å². The molecule has 8 heteroatoms. The van der Waals surface area contributed by atoms with Gasteiger partial charge in [0.15, 0.2) is 5.78 Å². The Kier molecular flexibility index (Phi) is 15.3. The maximum absolute atomic E-state index is 13.5. The Morgan fingerprint density at radius 1 is 0.943 bits per heavy atom. The van der Waals surface area contributed by atoms with Gasteiger partial charge in [-0.3, -0.25) is 14.9 Å². The molecule has 0 spiro atoms. The highest BCUT2D eigenvalue weighted by Gasteiger charge is 2.24. The van der Waals surface area contributed by atoms with E-state index in [1.54, 1.807) is 12.1 Å². The molecular formula is C27H45N2O5P. The molecule has 0 aliphatic heterocycles. The fourth-order valence-corrected chi connectivity index (χ4v) is 8.66. The van der Waals surface area contributed by atoms with Crippen LogP contribution in [-0.2, 0) is 16.1 Å². The first-order chi connectivity index (χ1) is 16.8. The highest BCUT2D eigenvalue weighted by molar-refractivity contribution is 7.76. The third-order valence-electron chi connectivity index (χ3n) is 6.27. The number of hydrogen-bond acceptors (Lipinski definition) is 5. The molecule has 1 N–H and O–H groups in total. The second-order valence-electron chi connectivity index (χ2n) is 9.32. The van der Waals surface area contributed by atoms with Crippen LogP contribution in [0.4, 0.5) is 10.5 Å². The molecule has 0 saturated heterocycles. The average molecular weight is 509 g/mol. The van der Waals surface area contributed by atoms with Crippen LogP contribution in [0.15, 0.2) is 24.3 Å². The third-order valence-corrected chi connectivity index (χ3v) is 10.7. The van der Waals surface area contributed by atoms with E-state index in [-0.39, 0.29) is 18.1 Å². The van der Waals surface area contributed by atoms with Crippen molar-refractivity contribution in [1.82, 2.24) is 5.32 Å². The summed E-state index contributed by atoms with van der Waals surface area (Å²) in [5, 5.41) is 13.6. The number of rotatable bonds is 18. The van der Waals surface area contributed by atoms with Crippen molar-refractivity contribution < 1.29 is 19.2 Å². The number of ketones is 1. The van der Waals surface area contributed by atoms with E-state index in [2.05, 4.69) is 33.0 Å². The summed E-state index contributed by atoms with van der Waals surface area (Å²) in [5.41, 5.74) is 0.636. The Hall–Kier alpha value is -2.14. The molecule has 198 valence electrons. The molecule has 7 nitrogen and oxygen atoms in total. The van der Waals surface area contributed by atoms with Gasteiger partial charge in [0.05, 0.1) is 11.0 Å². The number of hydrogen-bond donors (Lipinski definition) is 1. The number of unbranched alkanes of at least 4 members (excludes halogenated alkanes) is 4. The van der Waals surface area contributed by atoms with Crippen LogP contribution in [-0.4, -0.2) is 47.1 Å². The number of benzene rings is 1. The number of non-ortho nitro benzene ring substituents is 1. The lowest BCUT2D eigenvalue weighted by Gasteiger charge is -2.27. The molecule has 0 fully saturated rings. The van der Waals surface area contributed by atoms with Crippen LogP contribution < -0.4 is 5.32 Å². The first-order valence-electron chi connectivity index (χ1n) is 13.2. The summed E-state index contributed by atoms with van der Waals surface area (Å²) in [7, 11) is 0. The molecule has 1 aromatic rings. The molecule has 0 radical (unpaired) electrons. The molecule has 35 heavy (non-hydrogen) atoms. The summed E-state index contributed by atoms with van der Waals surface area (Å²) < 4.78 is 5.34. The SMILES string of the molecule is CCCC[C@H](NC(=O)OCc1ccc([N+](=O)[O-])cc1)C(=O)C=P(CCCC)(CCCC)CCCC. The molecule has 0 aromatic heterocycles. The van der Waals surface area contributed by atoms with Crippen LogP contribution in [0, 0.1) is 10.1 Å². The van der Waals surface area contributed by atoms with Crippen molar-refractivity contribution in [2.24, 2.45) is 0 Å². The number of nitro groups is 1. The van der Waals surface area contributed by atoms with Crippen molar-refractivity contribution in [1.29, 1.82) is 0 Å². The molecule has 0 aliphatic rings. The zero-order valence-corrected chi connectivity index (χ0v) is 23.0. The molecule has 1 rings (SSSR count). The number of nitro benzene ring substituents is 1. The molecule has 0 aliphatic carbocycles. The van der Waals surface area contributed by atoms with Crippen molar-refractivity contribution in [2.45, 2.75) is 98.1 Å². The van der Waals surface area contributed by atoms with Crippen LogP contribution in [0.5, 0.6) is 0 Å². The minimum atomic E-state index is -1.53. The van der Waals surface area contributed by atoms with Gasteiger partial charge in [-0.25, -0.2) is 4.79 Å². The van der Waals surface area contributed by atoms with E-state index >= 15 is 0 Å². The largest absolute Gasteiger partial charge is 0.445 e. The molecule has 1 aromatic carbocycles. The van der Waals surface area contributed by atoms with Gasteiger partial charge >= 0.3 is 6.09 Å². The van der Waals surface area contributed by atoms with Crippen molar-refractivity contribution >= 4 is 30.2 Å². The number of carbonyl (C=O) groups excluding carboxylic acids is 2. The van der Waals surface area contributed by atoms with Gasteiger partial charge in [0.2, 0.25) is 0 Å². The smallest absolute Gasteiger partial charge is 0.408 e. The Balaban J connectivity index is 2.98. The number of amides is 1. The lowest BCUT2D eigenvalue weighted by Crippen LogP contribution is -2.42. The van der Waals surface area contributed by atoms with Gasteiger partial charge in [0.25, 0.3) is 5.69 Å². The number of ether oxygens (including phenoxy) is 1. The monoisotopic (exact) mass is 508 g/mol. The zero-order valence-electron chi connectivity index (χ0n) is 22.1. The van der Waals surface area contributed by atoms with Crippen molar-refractivity contribution in [2.75, 3.05) is 18.5 Å². The van der Waals surface area contributed by atoms with Gasteiger partial charge in [0, 0.05) is 12.1 Å². The maximum Gasteiger partial charge on any atom is 0.408 e. The maximum atomic E-state index is 13.5. The number of carbonyl (C=O) groups is 2. The van der Waals surface area contributed by atoms with Crippen LogP contribution in [0.3, 0.4) is 0 Å². The number of nitrogens with zero attached hydrogens (tertiary/aromatic N) is 1. The Labute approximate surface area is 211 Å².